The number of aliphatic imine (C=N–C) groups is 1. The van der Waals surface area contributed by atoms with Crippen LogP contribution in [0.25, 0.3) is 12.2 Å². The van der Waals surface area contributed by atoms with Gasteiger partial charge in [0.2, 0.25) is 5.90 Å². The maximum Gasteiger partial charge on any atom is 0.363 e. The maximum atomic E-state index is 11.7. The van der Waals surface area contributed by atoms with E-state index < -0.39 is 5.97 Å². The number of furan rings is 1. The van der Waals surface area contributed by atoms with Gasteiger partial charge in [0.25, 0.3) is 0 Å². The Hall–Kier alpha value is -2.30. The molecule has 1 aromatic carbocycles. The quantitative estimate of drug-likeness (QED) is 0.609. The van der Waals surface area contributed by atoms with Crippen molar-refractivity contribution in [2.24, 2.45) is 4.99 Å². The van der Waals surface area contributed by atoms with Crippen LogP contribution < -0.4 is 0 Å². The van der Waals surface area contributed by atoms with Crippen molar-refractivity contribution >= 4 is 47.2 Å². The van der Waals surface area contributed by atoms with Crippen LogP contribution in [0.4, 0.5) is 0 Å². The summed E-state index contributed by atoms with van der Waals surface area (Å²) in [6.45, 7) is 0. The number of halogens is 2. The lowest BCUT2D eigenvalue weighted by atomic mass is 10.2. The predicted octanol–water partition coefficient (Wildman–Crippen LogP) is 4.60. The van der Waals surface area contributed by atoms with Crippen LogP contribution in [0.15, 0.2) is 57.8 Å². The summed E-state index contributed by atoms with van der Waals surface area (Å²) >= 11 is 12.0. The second-order valence-corrected chi connectivity index (χ2v) is 5.15. The molecule has 0 saturated carbocycles. The van der Waals surface area contributed by atoms with Gasteiger partial charge in [0.15, 0.2) is 5.70 Å². The van der Waals surface area contributed by atoms with Gasteiger partial charge < -0.3 is 9.15 Å². The molecule has 0 fully saturated rings. The van der Waals surface area contributed by atoms with Gasteiger partial charge in [0.1, 0.15) is 5.76 Å². The molecule has 0 radical (unpaired) electrons. The van der Waals surface area contributed by atoms with Crippen LogP contribution >= 0.6 is 23.2 Å². The van der Waals surface area contributed by atoms with E-state index in [9.17, 15) is 4.79 Å². The van der Waals surface area contributed by atoms with Crippen molar-refractivity contribution in [3.05, 3.63) is 69.7 Å². The standard InChI is InChI=1S/C16H9Cl2NO3/c17-12-5-1-3-10(15(12)18)6-7-14-19-13(16(20)22-14)9-11-4-2-8-21-11/h1-9H. The molecule has 0 atom stereocenters. The molecule has 0 bridgehead atoms. The van der Waals surface area contributed by atoms with Crippen molar-refractivity contribution in [1.82, 2.24) is 0 Å². The Kier molecular flexibility index (Phi) is 4.13. The molecule has 1 aromatic heterocycles. The third-order valence-corrected chi connectivity index (χ3v) is 3.68. The summed E-state index contributed by atoms with van der Waals surface area (Å²) in [4.78, 5) is 15.8. The van der Waals surface area contributed by atoms with E-state index in [0.29, 0.717) is 21.4 Å². The second-order valence-electron chi connectivity index (χ2n) is 4.36. The minimum Gasteiger partial charge on any atom is -0.465 e. The first-order valence-corrected chi connectivity index (χ1v) is 7.07. The highest BCUT2D eigenvalue weighted by Crippen LogP contribution is 2.26. The fourth-order valence-electron chi connectivity index (χ4n) is 1.82. The predicted molar refractivity (Wildman–Crippen MR) is 85.7 cm³/mol. The number of hydrogen-bond acceptors (Lipinski definition) is 4. The second kappa shape index (κ2) is 6.22. The SMILES string of the molecule is O=C1OC(C=Cc2cccc(Cl)c2Cl)=NC1=Cc1ccco1. The van der Waals surface area contributed by atoms with Gasteiger partial charge >= 0.3 is 5.97 Å². The lowest BCUT2D eigenvalue weighted by Crippen LogP contribution is -2.01. The molecule has 6 heteroatoms. The van der Waals surface area contributed by atoms with Crippen LogP contribution in [-0.2, 0) is 9.53 Å². The van der Waals surface area contributed by atoms with Gasteiger partial charge in [-0.3, -0.25) is 0 Å². The minimum absolute atomic E-state index is 0.173. The first-order valence-electron chi connectivity index (χ1n) is 6.31. The zero-order valence-corrected chi connectivity index (χ0v) is 12.6. The third kappa shape index (κ3) is 3.13. The average Bonchev–Trinajstić information content (AvgIpc) is 3.12. The highest BCUT2D eigenvalue weighted by atomic mass is 35.5. The Morgan fingerprint density at radius 3 is 2.73 bits per heavy atom. The van der Waals surface area contributed by atoms with Crippen LogP contribution in [0.2, 0.25) is 10.0 Å². The van der Waals surface area contributed by atoms with E-state index in [-0.39, 0.29) is 11.6 Å². The normalized spacial score (nSPS) is 16.4. The maximum absolute atomic E-state index is 11.7. The van der Waals surface area contributed by atoms with E-state index in [1.165, 1.54) is 12.3 Å². The van der Waals surface area contributed by atoms with E-state index in [2.05, 4.69) is 4.99 Å². The summed E-state index contributed by atoms with van der Waals surface area (Å²) in [5, 5.41) is 0.879. The molecule has 110 valence electrons. The highest BCUT2D eigenvalue weighted by molar-refractivity contribution is 6.42. The molecule has 2 heterocycles. The molecule has 22 heavy (non-hydrogen) atoms. The van der Waals surface area contributed by atoms with E-state index in [1.807, 2.05) is 0 Å². The lowest BCUT2D eigenvalue weighted by Gasteiger charge is -1.99. The molecule has 0 aliphatic carbocycles. The first-order chi connectivity index (χ1) is 10.6. The van der Waals surface area contributed by atoms with Gasteiger partial charge in [-0.15, -0.1) is 0 Å². The van der Waals surface area contributed by atoms with Crippen molar-refractivity contribution in [3.63, 3.8) is 0 Å². The number of hydrogen-bond donors (Lipinski definition) is 0. The minimum atomic E-state index is -0.534. The first kappa shape index (κ1) is 14.6. The topological polar surface area (TPSA) is 51.8 Å². The molecule has 1 aliphatic heterocycles. The molecule has 0 saturated heterocycles. The molecular weight excluding hydrogens is 325 g/mol. The van der Waals surface area contributed by atoms with Crippen LogP contribution in [0.5, 0.6) is 0 Å². The molecule has 3 rings (SSSR count). The Bertz CT molecular complexity index is 805. The zero-order valence-electron chi connectivity index (χ0n) is 11.1. The number of cyclic esters (lactones) is 1. The van der Waals surface area contributed by atoms with Crippen molar-refractivity contribution in [1.29, 1.82) is 0 Å². The molecule has 0 amide bonds. The molecule has 2 aromatic rings. The number of rotatable bonds is 3. The zero-order chi connectivity index (χ0) is 15.5. The van der Waals surface area contributed by atoms with Gasteiger partial charge in [0.05, 0.1) is 16.3 Å². The fourth-order valence-corrected chi connectivity index (χ4v) is 2.19. The Morgan fingerprint density at radius 2 is 1.95 bits per heavy atom. The number of esters is 1. The summed E-state index contributed by atoms with van der Waals surface area (Å²) in [5.41, 5.74) is 0.878. The van der Waals surface area contributed by atoms with Crippen molar-refractivity contribution in [3.8, 4) is 0 Å². The van der Waals surface area contributed by atoms with Crippen LogP contribution in [0.3, 0.4) is 0 Å². The Labute approximate surface area is 136 Å². The van der Waals surface area contributed by atoms with Gasteiger partial charge in [-0.25, -0.2) is 9.79 Å². The highest BCUT2D eigenvalue weighted by Gasteiger charge is 2.21. The van der Waals surface area contributed by atoms with Crippen molar-refractivity contribution < 1.29 is 13.9 Å². The summed E-state index contributed by atoms with van der Waals surface area (Å²) in [5.74, 6) is 0.172. The largest absolute Gasteiger partial charge is 0.465 e. The Morgan fingerprint density at radius 1 is 1.09 bits per heavy atom. The monoisotopic (exact) mass is 333 g/mol. The van der Waals surface area contributed by atoms with Gasteiger partial charge in [-0.05, 0) is 29.8 Å². The summed E-state index contributed by atoms with van der Waals surface area (Å²) in [7, 11) is 0. The molecule has 0 unspecified atom stereocenters. The van der Waals surface area contributed by atoms with E-state index >= 15 is 0 Å². The number of carbonyl (C=O) groups excluding carboxylic acids is 1. The summed E-state index contributed by atoms with van der Waals surface area (Å²) in [6.07, 6.45) is 6.25. The molecule has 1 aliphatic rings. The van der Waals surface area contributed by atoms with Crippen LogP contribution in [-0.4, -0.2) is 11.9 Å². The van der Waals surface area contributed by atoms with Gasteiger partial charge in [-0.1, -0.05) is 35.3 Å². The molecule has 4 nitrogen and oxygen atoms in total. The summed E-state index contributed by atoms with van der Waals surface area (Å²) in [6, 6.07) is 8.70. The smallest absolute Gasteiger partial charge is 0.363 e. The number of ether oxygens (including phenoxy) is 1. The third-order valence-electron chi connectivity index (χ3n) is 2.85. The molecule has 0 spiro atoms. The van der Waals surface area contributed by atoms with Gasteiger partial charge in [0, 0.05) is 12.2 Å². The van der Waals surface area contributed by atoms with Crippen molar-refractivity contribution in [2.45, 2.75) is 0 Å². The van der Waals surface area contributed by atoms with Crippen LogP contribution in [0.1, 0.15) is 11.3 Å². The van der Waals surface area contributed by atoms with E-state index in [4.69, 9.17) is 32.4 Å². The van der Waals surface area contributed by atoms with Gasteiger partial charge in [-0.2, -0.15) is 0 Å². The molecule has 0 N–H and O–H groups in total. The summed E-state index contributed by atoms with van der Waals surface area (Å²) < 4.78 is 10.2. The Balaban J connectivity index is 1.83. The van der Waals surface area contributed by atoms with E-state index in [0.717, 1.165) is 0 Å². The average molecular weight is 334 g/mol. The fraction of sp³-hybridized carbons (Fsp3) is 0. The van der Waals surface area contributed by atoms with Crippen LogP contribution in [0, 0.1) is 0 Å². The van der Waals surface area contributed by atoms with E-state index in [1.54, 1.807) is 42.5 Å². The molecular formula is C16H9Cl2NO3. The number of carbonyl (C=O) groups is 1. The lowest BCUT2D eigenvalue weighted by molar-refractivity contribution is -0.129. The number of nitrogens with zero attached hydrogens (tertiary/aromatic N) is 1. The van der Waals surface area contributed by atoms with Crippen molar-refractivity contribution in [2.75, 3.05) is 0 Å². The number of benzene rings is 1.